The Bertz CT molecular complexity index is 252. The fourth-order valence-corrected chi connectivity index (χ4v) is 5.37. The molecule has 0 N–H and O–H groups in total. The third kappa shape index (κ3) is 0.161. The minimum Gasteiger partial charge on any atom is -0.0845 e. The van der Waals surface area contributed by atoms with Crippen molar-refractivity contribution in [3.63, 3.8) is 0 Å². The van der Waals surface area contributed by atoms with E-state index in [2.05, 4.69) is 12.2 Å². The first-order valence-electron chi connectivity index (χ1n) is 4.67. The van der Waals surface area contributed by atoms with Crippen LogP contribution in [-0.4, -0.2) is 0 Å². The van der Waals surface area contributed by atoms with Gasteiger partial charge in [0.15, 0.2) is 0 Å². The quantitative estimate of drug-likeness (QED) is 0.436. The highest BCUT2D eigenvalue weighted by Gasteiger charge is 2.87. The Kier molecular flexibility index (Phi) is 0.311. The molecule has 6 rings (SSSR count). The van der Waals surface area contributed by atoms with E-state index in [0.29, 0.717) is 0 Å². The molecule has 0 aromatic rings. The van der Waals surface area contributed by atoms with Gasteiger partial charge in [0.1, 0.15) is 0 Å². The average Bonchev–Trinajstić information content (AvgIpc) is 2.37. The monoisotopic (exact) mass is 130 g/mol. The minimum atomic E-state index is 1.09. The van der Waals surface area contributed by atoms with Gasteiger partial charge in [-0.1, -0.05) is 12.2 Å². The molecular weight excluding hydrogens is 120 g/mol. The van der Waals surface area contributed by atoms with Crippen molar-refractivity contribution in [3.05, 3.63) is 12.2 Å². The van der Waals surface area contributed by atoms with Gasteiger partial charge in [0, 0.05) is 0 Å². The van der Waals surface area contributed by atoms with Crippen LogP contribution in [0.5, 0.6) is 0 Å². The Balaban J connectivity index is 1.96. The lowest BCUT2D eigenvalue weighted by Crippen LogP contribution is -2.32. The standard InChI is InChI=1S/C10H10/c1-2-4-5-3(1)6-7(4)10-8(5)9(6)10/h1-10H. The summed E-state index contributed by atoms with van der Waals surface area (Å²) in [7, 11) is 0. The third-order valence-electron chi connectivity index (χ3n) is 5.30. The van der Waals surface area contributed by atoms with E-state index in [1.165, 1.54) is 35.5 Å². The average molecular weight is 130 g/mol. The summed E-state index contributed by atoms with van der Waals surface area (Å²) in [5.41, 5.74) is 0. The molecule has 0 heteroatoms. The van der Waals surface area contributed by atoms with Crippen molar-refractivity contribution in [3.8, 4) is 0 Å². The van der Waals surface area contributed by atoms with E-state index in [1.54, 1.807) is 0 Å². The highest BCUT2D eigenvalue weighted by Crippen LogP contribution is 2.90. The Morgan fingerprint density at radius 3 is 1.40 bits per heavy atom. The van der Waals surface area contributed by atoms with Crippen molar-refractivity contribution in [2.24, 2.45) is 47.3 Å². The molecule has 0 aliphatic heterocycles. The SMILES string of the molecule is C1=CC2C3C1C1C2C2C3C12. The van der Waals surface area contributed by atoms with Gasteiger partial charge in [0.2, 0.25) is 0 Å². The van der Waals surface area contributed by atoms with Gasteiger partial charge >= 0.3 is 0 Å². The van der Waals surface area contributed by atoms with Crippen molar-refractivity contribution in [1.82, 2.24) is 0 Å². The lowest BCUT2D eigenvalue weighted by Gasteiger charge is -2.36. The van der Waals surface area contributed by atoms with Gasteiger partial charge in [0.25, 0.3) is 0 Å². The summed E-state index contributed by atoms with van der Waals surface area (Å²) in [4.78, 5) is 0. The number of rotatable bonds is 0. The molecule has 5 fully saturated rings. The van der Waals surface area contributed by atoms with Crippen LogP contribution in [0.15, 0.2) is 12.2 Å². The first-order valence-corrected chi connectivity index (χ1v) is 4.67. The molecule has 0 heterocycles. The lowest BCUT2D eigenvalue weighted by molar-refractivity contribution is 0.140. The molecule has 5 saturated carbocycles. The van der Waals surface area contributed by atoms with Crippen LogP contribution in [0, 0.1) is 47.3 Å². The van der Waals surface area contributed by atoms with Crippen molar-refractivity contribution < 1.29 is 0 Å². The topological polar surface area (TPSA) is 0 Å². The van der Waals surface area contributed by atoms with Gasteiger partial charge in [-0.15, -0.1) is 0 Å². The zero-order valence-corrected chi connectivity index (χ0v) is 5.77. The van der Waals surface area contributed by atoms with E-state index in [-0.39, 0.29) is 0 Å². The molecule has 0 nitrogen and oxygen atoms in total. The summed E-state index contributed by atoms with van der Waals surface area (Å²) in [6.07, 6.45) is 5.08. The maximum absolute atomic E-state index is 2.54. The highest BCUT2D eigenvalue weighted by atomic mass is 14.9. The third-order valence-corrected chi connectivity index (χ3v) is 5.30. The Morgan fingerprint density at radius 1 is 0.500 bits per heavy atom. The van der Waals surface area contributed by atoms with Crippen molar-refractivity contribution in [2.75, 3.05) is 0 Å². The van der Waals surface area contributed by atoms with Gasteiger partial charge in [-0.05, 0) is 47.3 Å². The van der Waals surface area contributed by atoms with E-state index in [0.717, 1.165) is 11.8 Å². The molecule has 10 heavy (non-hydrogen) atoms. The predicted molar refractivity (Wildman–Crippen MR) is 37.1 cm³/mol. The Labute approximate surface area is 60.3 Å². The van der Waals surface area contributed by atoms with Gasteiger partial charge in [0.05, 0.1) is 0 Å². The molecule has 0 amide bonds. The van der Waals surface area contributed by atoms with E-state index < -0.39 is 0 Å². The van der Waals surface area contributed by atoms with Crippen LogP contribution in [0.3, 0.4) is 0 Å². The summed E-state index contributed by atoms with van der Waals surface area (Å²) in [5, 5.41) is 0. The fraction of sp³-hybridized carbons (Fsp3) is 0.800. The maximum atomic E-state index is 2.54. The highest BCUT2D eigenvalue weighted by molar-refractivity contribution is 5.40. The van der Waals surface area contributed by atoms with Crippen molar-refractivity contribution in [2.45, 2.75) is 0 Å². The number of hydrogen-bond donors (Lipinski definition) is 0. The molecule has 5 bridgehead atoms. The van der Waals surface area contributed by atoms with Crippen LogP contribution in [-0.2, 0) is 0 Å². The molecule has 0 unspecified atom stereocenters. The zero-order chi connectivity index (χ0) is 6.03. The minimum absolute atomic E-state index is 1.09. The summed E-state index contributed by atoms with van der Waals surface area (Å²) in [6.45, 7) is 0. The van der Waals surface area contributed by atoms with E-state index in [1.807, 2.05) is 0 Å². The summed E-state index contributed by atoms with van der Waals surface area (Å²) in [5.74, 6) is 9.59. The Morgan fingerprint density at radius 2 is 1.00 bits per heavy atom. The van der Waals surface area contributed by atoms with Crippen molar-refractivity contribution >= 4 is 0 Å². The second-order valence-electron chi connectivity index (χ2n) is 5.00. The molecule has 0 aromatic carbocycles. The van der Waals surface area contributed by atoms with Crippen LogP contribution in [0.4, 0.5) is 0 Å². The normalized spacial score (nSPS) is 89.6. The first-order chi connectivity index (χ1) is 4.98. The van der Waals surface area contributed by atoms with Gasteiger partial charge in [-0.3, -0.25) is 0 Å². The van der Waals surface area contributed by atoms with Gasteiger partial charge < -0.3 is 0 Å². The van der Waals surface area contributed by atoms with Gasteiger partial charge in [-0.2, -0.15) is 0 Å². The second-order valence-corrected chi connectivity index (χ2v) is 5.00. The summed E-state index contributed by atoms with van der Waals surface area (Å²) >= 11 is 0. The van der Waals surface area contributed by atoms with Crippen molar-refractivity contribution in [1.29, 1.82) is 0 Å². The van der Waals surface area contributed by atoms with Gasteiger partial charge in [-0.25, -0.2) is 0 Å². The van der Waals surface area contributed by atoms with Crippen LogP contribution >= 0.6 is 0 Å². The fourth-order valence-electron chi connectivity index (χ4n) is 5.37. The second kappa shape index (κ2) is 0.790. The largest absolute Gasteiger partial charge is 0.0845 e. The molecule has 6 aliphatic rings. The van der Waals surface area contributed by atoms with E-state index in [9.17, 15) is 0 Å². The molecule has 0 saturated heterocycles. The molecule has 50 valence electrons. The zero-order valence-electron chi connectivity index (χ0n) is 5.77. The predicted octanol–water partition coefficient (Wildman–Crippen LogP) is 1.54. The molecular formula is C10H10. The Hall–Kier alpha value is -0.260. The smallest absolute Gasteiger partial charge is 0.0162 e. The van der Waals surface area contributed by atoms with Crippen LogP contribution < -0.4 is 0 Å². The number of allylic oxidation sites excluding steroid dienone is 2. The first kappa shape index (κ1) is 3.94. The molecule has 0 atom stereocenters. The van der Waals surface area contributed by atoms with Crippen LogP contribution in [0.1, 0.15) is 0 Å². The summed E-state index contributed by atoms with van der Waals surface area (Å²) in [6, 6.07) is 0. The lowest BCUT2D eigenvalue weighted by atomic mass is 9.68. The van der Waals surface area contributed by atoms with E-state index >= 15 is 0 Å². The molecule has 0 radical (unpaired) electrons. The van der Waals surface area contributed by atoms with Crippen LogP contribution in [0.25, 0.3) is 0 Å². The van der Waals surface area contributed by atoms with E-state index in [4.69, 9.17) is 0 Å². The van der Waals surface area contributed by atoms with Crippen LogP contribution in [0.2, 0.25) is 0 Å². The molecule has 0 spiro atoms. The maximum Gasteiger partial charge on any atom is -0.0162 e. The molecule has 6 aliphatic carbocycles. The molecule has 0 aromatic heterocycles. The number of hydrogen-bond acceptors (Lipinski definition) is 0. The summed E-state index contributed by atoms with van der Waals surface area (Å²) < 4.78 is 0.